The molecule has 115 valence electrons. The van der Waals surface area contributed by atoms with Crippen molar-refractivity contribution in [1.82, 2.24) is 4.98 Å². The predicted molar refractivity (Wildman–Crippen MR) is 92.2 cm³/mol. The number of rotatable bonds is 2. The van der Waals surface area contributed by atoms with Crippen LogP contribution in [0, 0.1) is 6.08 Å². The summed E-state index contributed by atoms with van der Waals surface area (Å²) in [5.41, 5.74) is 4.53. The maximum atomic E-state index is 4.76. The number of hydrogen-bond donors (Lipinski definition) is 0. The summed E-state index contributed by atoms with van der Waals surface area (Å²) in [6, 6.07) is 18.9. The van der Waals surface area contributed by atoms with Gasteiger partial charge in [-0.05, 0) is 22.0 Å². The second-order valence-corrected chi connectivity index (χ2v) is 5.48. The molecule has 3 aromatic rings. The van der Waals surface area contributed by atoms with Gasteiger partial charge in [0.2, 0.25) is 0 Å². The van der Waals surface area contributed by atoms with Crippen LogP contribution in [0.1, 0.15) is 18.5 Å². The van der Waals surface area contributed by atoms with Gasteiger partial charge in [0.05, 0.1) is 0 Å². The molecule has 0 N–H and O–H groups in total. The molecule has 0 aliphatic heterocycles. The normalized spacial score (nSPS) is 13.5. The third-order valence-electron chi connectivity index (χ3n) is 4.05. The summed E-state index contributed by atoms with van der Waals surface area (Å²) in [6.45, 7) is 0. The third-order valence-corrected chi connectivity index (χ3v) is 4.05. The number of nitrogens with zero attached hydrogens (tertiary/aromatic N) is 1. The zero-order chi connectivity index (χ0) is 14.8. The third kappa shape index (κ3) is 3.05. The first-order valence-electron chi connectivity index (χ1n) is 7.65. The van der Waals surface area contributed by atoms with Crippen molar-refractivity contribution in [3.63, 3.8) is 0 Å². The van der Waals surface area contributed by atoms with E-state index in [1.165, 1.54) is 21.9 Å². The Morgan fingerprint density at radius 3 is 2.30 bits per heavy atom. The Morgan fingerprint density at radius 1 is 0.826 bits per heavy atom. The Morgan fingerprint density at radius 2 is 1.57 bits per heavy atom. The Labute approximate surface area is 150 Å². The van der Waals surface area contributed by atoms with E-state index < -0.39 is 0 Å². The molecule has 0 bridgehead atoms. The van der Waals surface area contributed by atoms with Crippen molar-refractivity contribution in [3.8, 4) is 11.1 Å². The van der Waals surface area contributed by atoms with Crippen LogP contribution in [0.25, 0.3) is 27.5 Å². The van der Waals surface area contributed by atoms with Gasteiger partial charge in [-0.2, -0.15) is 17.7 Å². The van der Waals surface area contributed by atoms with Crippen molar-refractivity contribution in [3.05, 3.63) is 84.7 Å². The van der Waals surface area contributed by atoms with E-state index in [-0.39, 0.29) is 20.1 Å². The molecule has 0 amide bonds. The average Bonchev–Trinajstić information content (AvgIpc) is 2.62. The van der Waals surface area contributed by atoms with Crippen LogP contribution in [0.15, 0.2) is 72.9 Å². The van der Waals surface area contributed by atoms with Crippen LogP contribution in [0.2, 0.25) is 0 Å². The van der Waals surface area contributed by atoms with Crippen LogP contribution >= 0.6 is 0 Å². The standard InChI is InChI=1S/C21H16N.Ir/c1-3-9-16(10-4-1)20-15-22-21(17-11-5-2-6-12-17)19-14-8-7-13-18(19)20;/h1,3-5,7-10,12-15H,2,6H2;/q-1;. The minimum Gasteiger partial charge on any atom is -0.319 e. The van der Waals surface area contributed by atoms with Gasteiger partial charge in [-0.1, -0.05) is 67.4 Å². The maximum absolute atomic E-state index is 4.76. The molecule has 0 saturated heterocycles. The average molecular weight is 475 g/mol. The quantitative estimate of drug-likeness (QED) is 0.451. The van der Waals surface area contributed by atoms with Crippen LogP contribution in [0.4, 0.5) is 0 Å². The van der Waals surface area contributed by atoms with Crippen molar-refractivity contribution in [2.24, 2.45) is 0 Å². The van der Waals surface area contributed by atoms with Crippen LogP contribution in [0.5, 0.6) is 0 Å². The van der Waals surface area contributed by atoms with Crippen molar-refractivity contribution < 1.29 is 20.1 Å². The van der Waals surface area contributed by atoms with Gasteiger partial charge in [-0.25, -0.2) is 0 Å². The van der Waals surface area contributed by atoms with Crippen molar-refractivity contribution in [2.45, 2.75) is 12.8 Å². The largest absolute Gasteiger partial charge is 0.319 e. The topological polar surface area (TPSA) is 12.9 Å². The number of aromatic nitrogens is 1. The number of benzene rings is 2. The summed E-state index contributed by atoms with van der Waals surface area (Å²) < 4.78 is 0. The predicted octanol–water partition coefficient (Wildman–Crippen LogP) is 5.44. The summed E-state index contributed by atoms with van der Waals surface area (Å²) >= 11 is 0. The first-order valence-corrected chi connectivity index (χ1v) is 7.65. The molecule has 2 aromatic carbocycles. The molecule has 0 saturated carbocycles. The zero-order valence-corrected chi connectivity index (χ0v) is 15.0. The first-order chi connectivity index (χ1) is 10.9. The molecule has 0 spiro atoms. The SMILES string of the molecule is [C-]1=CCCC=C1c1ncc(-c2ccccc2)c2ccccc12.[Ir]. The van der Waals surface area contributed by atoms with Gasteiger partial charge >= 0.3 is 0 Å². The van der Waals surface area contributed by atoms with Crippen molar-refractivity contribution >= 4 is 16.3 Å². The molecule has 4 rings (SSSR count). The zero-order valence-electron chi connectivity index (χ0n) is 12.6. The molecule has 0 atom stereocenters. The summed E-state index contributed by atoms with van der Waals surface area (Å²) in [5, 5.41) is 2.44. The monoisotopic (exact) mass is 475 g/mol. The van der Waals surface area contributed by atoms with Crippen molar-refractivity contribution in [2.75, 3.05) is 0 Å². The van der Waals surface area contributed by atoms with Gasteiger partial charge in [0, 0.05) is 31.9 Å². The fourth-order valence-corrected chi connectivity index (χ4v) is 2.97. The van der Waals surface area contributed by atoms with Gasteiger partial charge in [0.25, 0.3) is 0 Å². The van der Waals surface area contributed by atoms with Crippen LogP contribution < -0.4 is 0 Å². The number of pyridine rings is 1. The molecule has 0 fully saturated rings. The molecule has 23 heavy (non-hydrogen) atoms. The second kappa shape index (κ2) is 7.04. The molecule has 1 heterocycles. The smallest absolute Gasteiger partial charge is 0.0209 e. The minimum absolute atomic E-state index is 0. The van der Waals surface area contributed by atoms with E-state index in [2.05, 4.69) is 66.8 Å². The Kier molecular flexibility index (Phi) is 4.85. The van der Waals surface area contributed by atoms with Crippen LogP contribution in [0.3, 0.4) is 0 Å². The van der Waals surface area contributed by atoms with Gasteiger partial charge in [0.1, 0.15) is 0 Å². The Bertz CT molecular complexity index is 879. The van der Waals surface area contributed by atoms with Crippen molar-refractivity contribution in [1.29, 1.82) is 0 Å². The van der Waals surface area contributed by atoms with E-state index in [1.54, 1.807) is 0 Å². The molecule has 1 aliphatic carbocycles. The Balaban J connectivity index is 0.00000156. The molecule has 0 unspecified atom stereocenters. The van der Waals surface area contributed by atoms with Gasteiger partial charge in [0.15, 0.2) is 0 Å². The van der Waals surface area contributed by atoms with Crippen LogP contribution in [-0.2, 0) is 20.1 Å². The van der Waals surface area contributed by atoms with E-state index in [9.17, 15) is 0 Å². The van der Waals surface area contributed by atoms with E-state index in [4.69, 9.17) is 4.98 Å². The summed E-state index contributed by atoms with van der Waals surface area (Å²) in [4.78, 5) is 4.76. The fourth-order valence-electron chi connectivity index (χ4n) is 2.97. The molecule has 1 aromatic heterocycles. The first kappa shape index (κ1) is 15.9. The van der Waals surface area contributed by atoms with E-state index in [0.29, 0.717) is 0 Å². The summed E-state index contributed by atoms with van der Waals surface area (Å²) in [5.74, 6) is 0. The number of allylic oxidation sites excluding steroid dienone is 4. The fraction of sp³-hybridized carbons (Fsp3) is 0.0952. The van der Waals surface area contributed by atoms with Gasteiger partial charge in [-0.15, -0.1) is 6.08 Å². The molecule has 1 aliphatic rings. The van der Waals surface area contributed by atoms with Crippen LogP contribution in [-0.4, -0.2) is 4.98 Å². The molecule has 1 radical (unpaired) electrons. The number of hydrogen-bond acceptors (Lipinski definition) is 1. The van der Waals surface area contributed by atoms with E-state index in [1.807, 2.05) is 12.3 Å². The van der Waals surface area contributed by atoms with E-state index in [0.717, 1.165) is 24.1 Å². The summed E-state index contributed by atoms with van der Waals surface area (Å²) in [7, 11) is 0. The molecule has 2 heteroatoms. The van der Waals surface area contributed by atoms with E-state index >= 15 is 0 Å². The molecular weight excluding hydrogens is 458 g/mol. The minimum atomic E-state index is 0. The number of fused-ring (bicyclic) bond motifs is 1. The van der Waals surface area contributed by atoms with Gasteiger partial charge in [-0.3, -0.25) is 0 Å². The summed E-state index contributed by atoms with van der Waals surface area (Å²) in [6.07, 6.45) is 11.8. The Hall–Kier alpha value is -2.02. The second-order valence-electron chi connectivity index (χ2n) is 5.48. The maximum Gasteiger partial charge on any atom is 0.0209 e. The molecule has 1 nitrogen and oxygen atoms in total. The van der Waals surface area contributed by atoms with Gasteiger partial charge < -0.3 is 4.98 Å². The molecular formula is C21H16IrN-.